The molecule has 0 radical (unpaired) electrons. The molecule has 1 saturated carbocycles. The van der Waals surface area contributed by atoms with E-state index in [1.165, 1.54) is 19.4 Å². The Hall–Kier alpha value is -0.120. The summed E-state index contributed by atoms with van der Waals surface area (Å²) < 4.78 is 5.12. The molecule has 0 spiro atoms. The lowest BCUT2D eigenvalue weighted by Crippen LogP contribution is -2.41. The Bertz CT molecular complexity index is 249. The Morgan fingerprint density at radius 2 is 1.95 bits per heavy atom. The van der Waals surface area contributed by atoms with E-state index in [0.717, 1.165) is 43.6 Å². The minimum Gasteiger partial charge on any atom is -0.379 e. The highest BCUT2D eigenvalue weighted by Gasteiger charge is 2.48. The van der Waals surface area contributed by atoms with Gasteiger partial charge in [0.2, 0.25) is 0 Å². The first-order valence-corrected chi connectivity index (χ1v) is 8.61. The van der Waals surface area contributed by atoms with E-state index < -0.39 is 0 Å². The van der Waals surface area contributed by atoms with Crippen LogP contribution >= 0.6 is 0 Å². The third-order valence-electron chi connectivity index (χ3n) is 4.57. The Labute approximate surface area is 126 Å². The number of likely N-dealkylation sites (tertiary alicyclic amines) is 1. The predicted octanol–water partition coefficient (Wildman–Crippen LogP) is 3.00. The zero-order valence-electron chi connectivity index (χ0n) is 14.5. The molecule has 3 rings (SSSR count). The monoisotopic (exact) mass is 284 g/mol. The Balaban J connectivity index is 0.000000193. The first-order chi connectivity index (χ1) is 9.59. The molecular weight excluding hydrogens is 248 g/mol. The average Bonchev–Trinajstić information content (AvgIpc) is 3.21. The molecule has 3 fully saturated rings. The van der Waals surface area contributed by atoms with Crippen LogP contribution in [-0.2, 0) is 4.74 Å². The average molecular weight is 284 g/mol. The highest BCUT2D eigenvalue weighted by Crippen LogP contribution is 2.50. The maximum Gasteiger partial charge on any atom is 0.0617 e. The standard InChI is InChI=1S/C10H19N.C5H11NO.C2H6/c1-7(2)10-9-6-8(9)4-5-11(10)3;1-5-4-7-3-2-6-5;1-2/h7-10H,4-6H2,1-3H3;5-6H,2-4H2,1H3;1-2H3. The van der Waals surface area contributed by atoms with Crippen LogP contribution in [0.1, 0.15) is 47.5 Å². The molecule has 3 aliphatic rings. The van der Waals surface area contributed by atoms with Crippen molar-refractivity contribution in [3.05, 3.63) is 0 Å². The van der Waals surface area contributed by atoms with Gasteiger partial charge < -0.3 is 15.0 Å². The summed E-state index contributed by atoms with van der Waals surface area (Å²) in [6, 6.07) is 1.46. The summed E-state index contributed by atoms with van der Waals surface area (Å²) in [4.78, 5) is 2.57. The summed E-state index contributed by atoms with van der Waals surface area (Å²) in [6.07, 6.45) is 2.98. The molecule has 1 aliphatic carbocycles. The lowest BCUT2D eigenvalue weighted by Gasteiger charge is -2.35. The van der Waals surface area contributed by atoms with Crippen molar-refractivity contribution in [2.75, 3.05) is 33.4 Å². The van der Waals surface area contributed by atoms with Gasteiger partial charge in [0.05, 0.1) is 13.2 Å². The van der Waals surface area contributed by atoms with Crippen molar-refractivity contribution < 1.29 is 4.74 Å². The van der Waals surface area contributed by atoms with Crippen molar-refractivity contribution in [2.45, 2.75) is 59.5 Å². The smallest absolute Gasteiger partial charge is 0.0617 e. The number of morpholine rings is 1. The molecule has 2 heterocycles. The number of nitrogens with one attached hydrogen (secondary N) is 1. The number of piperidine rings is 1. The van der Waals surface area contributed by atoms with Crippen LogP contribution in [0.15, 0.2) is 0 Å². The summed E-state index contributed by atoms with van der Waals surface area (Å²) in [5, 5.41) is 3.26. The summed E-state index contributed by atoms with van der Waals surface area (Å²) >= 11 is 0. The molecule has 0 bridgehead atoms. The molecule has 4 atom stereocenters. The van der Waals surface area contributed by atoms with Gasteiger partial charge in [0, 0.05) is 18.6 Å². The number of ether oxygens (including phenoxy) is 1. The second-order valence-corrected chi connectivity index (χ2v) is 6.59. The number of nitrogens with zero attached hydrogens (tertiary/aromatic N) is 1. The highest BCUT2D eigenvalue weighted by molar-refractivity contribution is 5.00. The molecule has 120 valence electrons. The number of hydrogen-bond donors (Lipinski definition) is 1. The lowest BCUT2D eigenvalue weighted by molar-refractivity contribution is 0.0824. The van der Waals surface area contributed by atoms with Gasteiger partial charge in [0.25, 0.3) is 0 Å². The number of rotatable bonds is 1. The van der Waals surface area contributed by atoms with Crippen LogP contribution in [0.5, 0.6) is 0 Å². The van der Waals surface area contributed by atoms with Gasteiger partial charge in [0.15, 0.2) is 0 Å². The van der Waals surface area contributed by atoms with Gasteiger partial charge in [-0.05, 0) is 51.1 Å². The molecule has 0 aromatic heterocycles. The fourth-order valence-electron chi connectivity index (χ4n) is 3.57. The van der Waals surface area contributed by atoms with E-state index in [4.69, 9.17) is 4.74 Å². The van der Waals surface area contributed by atoms with Gasteiger partial charge in [-0.1, -0.05) is 27.7 Å². The normalized spacial score (nSPS) is 36.1. The second-order valence-electron chi connectivity index (χ2n) is 6.59. The van der Waals surface area contributed by atoms with Crippen LogP contribution in [0, 0.1) is 17.8 Å². The van der Waals surface area contributed by atoms with Crippen LogP contribution in [0.3, 0.4) is 0 Å². The van der Waals surface area contributed by atoms with E-state index in [1.807, 2.05) is 13.8 Å². The van der Waals surface area contributed by atoms with Crippen molar-refractivity contribution in [2.24, 2.45) is 17.8 Å². The highest BCUT2D eigenvalue weighted by atomic mass is 16.5. The van der Waals surface area contributed by atoms with Gasteiger partial charge in [-0.25, -0.2) is 0 Å². The summed E-state index contributed by atoms with van der Waals surface area (Å²) in [7, 11) is 2.29. The Morgan fingerprint density at radius 3 is 2.35 bits per heavy atom. The fraction of sp³-hybridized carbons (Fsp3) is 1.00. The SMILES string of the molecule is CC.CC(C)C1C2CC2CCN1C.CC1COCCN1. The number of hydrogen-bond acceptors (Lipinski definition) is 3. The summed E-state index contributed by atoms with van der Waals surface area (Å²) in [5.41, 5.74) is 0. The lowest BCUT2D eigenvalue weighted by atomic mass is 9.93. The molecule has 3 nitrogen and oxygen atoms in total. The van der Waals surface area contributed by atoms with Gasteiger partial charge in [-0.15, -0.1) is 0 Å². The minimum atomic E-state index is 0.564. The molecule has 2 saturated heterocycles. The second kappa shape index (κ2) is 9.01. The van der Waals surface area contributed by atoms with Crippen molar-refractivity contribution in [1.29, 1.82) is 0 Å². The van der Waals surface area contributed by atoms with Crippen LogP contribution in [0.4, 0.5) is 0 Å². The van der Waals surface area contributed by atoms with Gasteiger partial charge in [-0.3, -0.25) is 0 Å². The first-order valence-electron chi connectivity index (χ1n) is 8.61. The largest absolute Gasteiger partial charge is 0.379 e. The van der Waals surface area contributed by atoms with Crippen LogP contribution in [-0.4, -0.2) is 50.3 Å². The fourth-order valence-corrected chi connectivity index (χ4v) is 3.57. The maximum absolute atomic E-state index is 5.12. The topological polar surface area (TPSA) is 24.5 Å². The predicted molar refractivity (Wildman–Crippen MR) is 87.1 cm³/mol. The molecule has 20 heavy (non-hydrogen) atoms. The van der Waals surface area contributed by atoms with Gasteiger partial charge >= 0.3 is 0 Å². The van der Waals surface area contributed by atoms with Crippen LogP contribution < -0.4 is 5.32 Å². The van der Waals surface area contributed by atoms with E-state index >= 15 is 0 Å². The third-order valence-corrected chi connectivity index (χ3v) is 4.57. The minimum absolute atomic E-state index is 0.564. The van der Waals surface area contributed by atoms with Crippen molar-refractivity contribution in [3.63, 3.8) is 0 Å². The van der Waals surface area contributed by atoms with E-state index in [-0.39, 0.29) is 0 Å². The maximum atomic E-state index is 5.12. The van der Waals surface area contributed by atoms with Crippen molar-refractivity contribution >= 4 is 0 Å². The van der Waals surface area contributed by atoms with Crippen LogP contribution in [0.2, 0.25) is 0 Å². The van der Waals surface area contributed by atoms with Crippen molar-refractivity contribution in [1.82, 2.24) is 10.2 Å². The van der Waals surface area contributed by atoms with Crippen molar-refractivity contribution in [3.8, 4) is 0 Å². The van der Waals surface area contributed by atoms with E-state index in [0.29, 0.717) is 6.04 Å². The molecule has 0 aromatic carbocycles. The van der Waals surface area contributed by atoms with E-state index in [2.05, 4.69) is 38.0 Å². The Kier molecular flexibility index (Phi) is 8.08. The molecule has 0 amide bonds. The summed E-state index contributed by atoms with van der Waals surface area (Å²) in [5.74, 6) is 3.03. The molecule has 1 N–H and O–H groups in total. The molecule has 2 aliphatic heterocycles. The van der Waals surface area contributed by atoms with Gasteiger partial charge in [-0.2, -0.15) is 0 Å². The third kappa shape index (κ3) is 5.34. The first kappa shape index (κ1) is 17.9. The van der Waals surface area contributed by atoms with E-state index in [9.17, 15) is 0 Å². The molecule has 4 unspecified atom stereocenters. The Morgan fingerprint density at radius 1 is 1.25 bits per heavy atom. The molecular formula is C17H36N2O. The van der Waals surface area contributed by atoms with Crippen LogP contribution in [0.25, 0.3) is 0 Å². The van der Waals surface area contributed by atoms with E-state index in [1.54, 1.807) is 0 Å². The summed E-state index contributed by atoms with van der Waals surface area (Å²) in [6.45, 7) is 15.0. The zero-order valence-corrected chi connectivity index (χ0v) is 14.5. The zero-order chi connectivity index (χ0) is 15.1. The number of fused-ring (bicyclic) bond motifs is 1. The van der Waals surface area contributed by atoms with Gasteiger partial charge in [0.1, 0.15) is 0 Å². The molecule has 3 heteroatoms. The quantitative estimate of drug-likeness (QED) is 0.801. The molecule has 0 aromatic rings.